The third kappa shape index (κ3) is 6.54. The summed E-state index contributed by atoms with van der Waals surface area (Å²) in [7, 11) is -3.81. The van der Waals surface area contributed by atoms with Gasteiger partial charge in [-0.15, -0.1) is 0 Å². The van der Waals surface area contributed by atoms with Crippen molar-refractivity contribution in [1.82, 2.24) is 4.72 Å². The van der Waals surface area contributed by atoms with Crippen molar-refractivity contribution < 1.29 is 22.7 Å². The van der Waals surface area contributed by atoms with Gasteiger partial charge < -0.3 is 15.8 Å². The van der Waals surface area contributed by atoms with Crippen LogP contribution in [0.4, 0.5) is 5.69 Å². The van der Waals surface area contributed by atoms with Crippen LogP contribution in [0.25, 0.3) is 0 Å². The number of hydrogen-bond donors (Lipinski definition) is 3. The fourth-order valence-corrected chi connectivity index (χ4v) is 4.13. The van der Waals surface area contributed by atoms with Gasteiger partial charge in [0.15, 0.2) is 6.61 Å². The first-order valence-electron chi connectivity index (χ1n) is 9.82. The van der Waals surface area contributed by atoms with Gasteiger partial charge in [-0.05, 0) is 49.2 Å². The van der Waals surface area contributed by atoms with Crippen molar-refractivity contribution in [3.05, 3.63) is 54.1 Å². The van der Waals surface area contributed by atoms with E-state index in [1.165, 1.54) is 30.3 Å². The van der Waals surface area contributed by atoms with E-state index in [1.807, 2.05) is 0 Å². The number of benzene rings is 2. The van der Waals surface area contributed by atoms with Crippen LogP contribution in [0.15, 0.2) is 58.4 Å². The number of anilines is 1. The molecule has 0 unspecified atom stereocenters. The fraction of sp³-hybridized carbons (Fsp3) is 0.286. The first-order chi connectivity index (χ1) is 14.8. The number of nitrogens with one attached hydrogen (secondary N) is 2. The lowest BCUT2D eigenvalue weighted by Gasteiger charge is -2.12. The summed E-state index contributed by atoms with van der Waals surface area (Å²) in [6.45, 7) is 0.282. The number of ether oxygens (including phenoxy) is 1. The number of amides is 2. The highest BCUT2D eigenvalue weighted by Crippen LogP contribution is 2.17. The lowest BCUT2D eigenvalue weighted by atomic mass is 10.2. The van der Waals surface area contributed by atoms with Crippen molar-refractivity contribution in [2.75, 3.05) is 18.5 Å². The second-order valence-corrected chi connectivity index (χ2v) is 8.68. The lowest BCUT2D eigenvalue weighted by Crippen LogP contribution is -2.30. The standard InChI is InChI=1S/C21H24N4O5S/c22-21(27)15-6-4-8-17(12-15)30-14-20(26)24-16-7-5-9-18(13-16)31(28,29)25-19-10-2-1-3-11-23-19/h4-9,12-13H,1-3,10-11,14H2,(H2,22,27)(H,23,25)(H,24,26). The molecule has 9 nitrogen and oxygen atoms in total. The van der Waals surface area contributed by atoms with Crippen molar-refractivity contribution in [3.8, 4) is 5.75 Å². The molecule has 0 radical (unpaired) electrons. The van der Waals surface area contributed by atoms with Gasteiger partial charge >= 0.3 is 0 Å². The summed E-state index contributed by atoms with van der Waals surface area (Å²) in [5, 5.41) is 2.60. The third-order valence-electron chi connectivity index (χ3n) is 4.54. The molecule has 4 N–H and O–H groups in total. The molecule has 2 aromatic carbocycles. The van der Waals surface area contributed by atoms with Gasteiger partial charge in [-0.1, -0.05) is 18.6 Å². The molecule has 31 heavy (non-hydrogen) atoms. The van der Waals surface area contributed by atoms with Crippen LogP contribution in [0.1, 0.15) is 36.0 Å². The summed E-state index contributed by atoms with van der Waals surface area (Å²) in [4.78, 5) is 27.7. The Kier molecular flexibility index (Phi) is 7.24. The average molecular weight is 445 g/mol. The molecule has 0 bridgehead atoms. The highest BCUT2D eigenvalue weighted by Gasteiger charge is 2.18. The Morgan fingerprint density at radius 2 is 1.87 bits per heavy atom. The molecule has 0 saturated heterocycles. The minimum Gasteiger partial charge on any atom is -0.484 e. The monoisotopic (exact) mass is 444 g/mol. The molecule has 0 atom stereocenters. The van der Waals surface area contributed by atoms with E-state index in [1.54, 1.807) is 18.2 Å². The summed E-state index contributed by atoms with van der Waals surface area (Å²) in [6.07, 6.45) is 3.44. The molecule has 1 heterocycles. The molecular formula is C21H24N4O5S. The van der Waals surface area contributed by atoms with Gasteiger partial charge in [0, 0.05) is 24.2 Å². The van der Waals surface area contributed by atoms with Crippen LogP contribution >= 0.6 is 0 Å². The van der Waals surface area contributed by atoms with E-state index in [-0.39, 0.29) is 17.1 Å². The number of carbonyl (C=O) groups excluding carboxylic acids is 2. The molecule has 3 rings (SSSR count). The van der Waals surface area contributed by atoms with Crippen molar-refractivity contribution in [1.29, 1.82) is 0 Å². The van der Waals surface area contributed by atoms with Crippen molar-refractivity contribution >= 4 is 33.4 Å². The number of sulfonamides is 1. The number of hydrogen-bond acceptors (Lipinski definition) is 6. The fourth-order valence-electron chi connectivity index (χ4n) is 3.00. The molecule has 1 aliphatic heterocycles. The highest BCUT2D eigenvalue weighted by molar-refractivity contribution is 7.90. The van der Waals surface area contributed by atoms with Gasteiger partial charge in [0.2, 0.25) is 5.91 Å². The maximum Gasteiger partial charge on any atom is 0.262 e. The molecule has 0 fully saturated rings. The molecule has 0 aromatic heterocycles. The molecule has 0 saturated carbocycles. The second-order valence-electron chi connectivity index (χ2n) is 7.00. The van der Waals surface area contributed by atoms with Crippen molar-refractivity contribution in [2.24, 2.45) is 10.7 Å². The molecular weight excluding hydrogens is 420 g/mol. The van der Waals surface area contributed by atoms with E-state index < -0.39 is 21.8 Å². The number of carbonyl (C=O) groups is 2. The minimum absolute atomic E-state index is 0.0207. The van der Waals surface area contributed by atoms with Crippen LogP contribution in [-0.4, -0.2) is 39.2 Å². The minimum atomic E-state index is -3.81. The van der Waals surface area contributed by atoms with Crippen LogP contribution < -0.4 is 20.5 Å². The normalized spacial score (nSPS) is 14.1. The van der Waals surface area contributed by atoms with Crippen LogP contribution in [0.3, 0.4) is 0 Å². The van der Waals surface area contributed by atoms with Gasteiger partial charge in [-0.3, -0.25) is 19.3 Å². The molecule has 164 valence electrons. The molecule has 10 heteroatoms. The Hall–Kier alpha value is -3.40. The number of nitrogens with two attached hydrogens (primary N) is 1. The van der Waals surface area contributed by atoms with Crippen molar-refractivity contribution in [3.63, 3.8) is 0 Å². The maximum absolute atomic E-state index is 12.7. The van der Waals surface area contributed by atoms with Crippen LogP contribution in [0.2, 0.25) is 0 Å². The van der Waals surface area contributed by atoms with Gasteiger partial charge in [-0.25, -0.2) is 8.42 Å². The predicted octanol–water partition coefficient (Wildman–Crippen LogP) is 2.05. The number of primary amides is 1. The van der Waals surface area contributed by atoms with E-state index >= 15 is 0 Å². The number of aliphatic imine (C=N–C) groups is 1. The summed E-state index contributed by atoms with van der Waals surface area (Å²) in [6, 6.07) is 12.1. The van der Waals surface area contributed by atoms with E-state index in [4.69, 9.17) is 10.5 Å². The summed E-state index contributed by atoms with van der Waals surface area (Å²) >= 11 is 0. The zero-order valence-electron chi connectivity index (χ0n) is 16.8. The van der Waals surface area contributed by atoms with Gasteiger partial charge in [0.25, 0.3) is 15.9 Å². The molecule has 2 aromatic rings. The van der Waals surface area contributed by atoms with E-state index in [0.717, 1.165) is 19.3 Å². The number of rotatable bonds is 7. The zero-order valence-corrected chi connectivity index (χ0v) is 17.7. The van der Waals surface area contributed by atoms with Gasteiger partial charge in [0.1, 0.15) is 11.6 Å². The first kappa shape index (κ1) is 22.3. The SMILES string of the molecule is NC(=O)c1cccc(OCC(=O)Nc2cccc(S(=O)(=O)NC3=NCCCCC3)c2)c1. The Bertz CT molecular complexity index is 1100. The highest BCUT2D eigenvalue weighted by atomic mass is 32.2. The van der Waals surface area contributed by atoms with E-state index in [2.05, 4.69) is 15.0 Å². The maximum atomic E-state index is 12.7. The van der Waals surface area contributed by atoms with E-state index in [9.17, 15) is 18.0 Å². The number of amidine groups is 1. The largest absolute Gasteiger partial charge is 0.484 e. The van der Waals surface area contributed by atoms with Crippen LogP contribution in [0, 0.1) is 0 Å². The summed E-state index contributed by atoms with van der Waals surface area (Å²) in [5.41, 5.74) is 5.80. The molecule has 2 amide bonds. The third-order valence-corrected chi connectivity index (χ3v) is 5.92. The second kappa shape index (κ2) is 10.1. The molecule has 0 spiro atoms. The number of nitrogens with zero attached hydrogens (tertiary/aromatic N) is 1. The van der Waals surface area contributed by atoms with Gasteiger partial charge in [0.05, 0.1) is 4.90 Å². The average Bonchev–Trinajstić information content (AvgIpc) is 3.01. The quantitative estimate of drug-likeness (QED) is 0.600. The van der Waals surface area contributed by atoms with Crippen molar-refractivity contribution in [2.45, 2.75) is 30.6 Å². The molecule has 1 aliphatic rings. The Balaban J connectivity index is 1.61. The Morgan fingerprint density at radius 3 is 2.68 bits per heavy atom. The van der Waals surface area contributed by atoms with Gasteiger partial charge in [-0.2, -0.15) is 0 Å². The topological polar surface area (TPSA) is 140 Å². The Labute approximate surface area is 180 Å². The summed E-state index contributed by atoms with van der Waals surface area (Å²) in [5.74, 6) is -0.314. The summed E-state index contributed by atoms with van der Waals surface area (Å²) < 4.78 is 33.3. The Morgan fingerprint density at radius 1 is 1.06 bits per heavy atom. The van der Waals surface area contributed by atoms with E-state index in [0.29, 0.717) is 30.2 Å². The van der Waals surface area contributed by atoms with Crippen LogP contribution in [-0.2, 0) is 14.8 Å². The smallest absolute Gasteiger partial charge is 0.262 e. The predicted molar refractivity (Wildman–Crippen MR) is 117 cm³/mol. The van der Waals surface area contributed by atoms with Crippen LogP contribution in [0.5, 0.6) is 5.75 Å². The molecule has 0 aliphatic carbocycles. The lowest BCUT2D eigenvalue weighted by molar-refractivity contribution is -0.118. The zero-order chi connectivity index (χ0) is 22.3. The first-order valence-corrected chi connectivity index (χ1v) is 11.3.